The summed E-state index contributed by atoms with van der Waals surface area (Å²) < 4.78 is 0.990. The zero-order valence-electron chi connectivity index (χ0n) is 12.3. The van der Waals surface area contributed by atoms with Gasteiger partial charge in [0, 0.05) is 21.9 Å². The summed E-state index contributed by atoms with van der Waals surface area (Å²) in [6.07, 6.45) is 0. The topological polar surface area (TPSA) is 49.8 Å². The first-order valence-corrected chi connectivity index (χ1v) is 8.17. The van der Waals surface area contributed by atoms with E-state index in [-0.39, 0.29) is 0 Å². The Morgan fingerprint density at radius 2 is 1.78 bits per heavy atom. The van der Waals surface area contributed by atoms with Crippen LogP contribution < -0.4 is 10.6 Å². The van der Waals surface area contributed by atoms with Crippen molar-refractivity contribution in [1.29, 1.82) is 0 Å². The second-order valence-electron chi connectivity index (χ2n) is 4.96. The van der Waals surface area contributed by atoms with E-state index < -0.39 is 0 Å². The number of hydrogen-bond donors (Lipinski definition) is 2. The minimum absolute atomic E-state index is 0.526. The number of nitrogens with zero attached hydrogens (tertiary/aromatic N) is 2. The van der Waals surface area contributed by atoms with Gasteiger partial charge in [0.25, 0.3) is 0 Å². The normalized spacial score (nSPS) is 10.4. The van der Waals surface area contributed by atoms with Gasteiger partial charge in [-0.1, -0.05) is 45.7 Å². The molecule has 0 spiro atoms. The average molecular weight is 390 g/mol. The van der Waals surface area contributed by atoms with E-state index in [9.17, 15) is 0 Å². The highest BCUT2D eigenvalue weighted by molar-refractivity contribution is 9.10. The molecule has 1 heterocycles. The molecule has 0 aliphatic carbocycles. The van der Waals surface area contributed by atoms with E-state index in [1.807, 2.05) is 61.5 Å². The molecule has 3 rings (SSSR count). The van der Waals surface area contributed by atoms with Crippen molar-refractivity contribution in [2.24, 2.45) is 0 Å². The zero-order valence-corrected chi connectivity index (χ0v) is 14.7. The largest absolute Gasteiger partial charge is 0.339 e. The third-order valence-corrected chi connectivity index (χ3v) is 3.89. The van der Waals surface area contributed by atoms with Crippen molar-refractivity contribution in [2.45, 2.75) is 6.92 Å². The molecule has 0 saturated carbocycles. The van der Waals surface area contributed by atoms with Gasteiger partial charge in [0.2, 0.25) is 5.95 Å². The average Bonchev–Trinajstić information content (AvgIpc) is 2.49. The lowest BCUT2D eigenvalue weighted by Crippen LogP contribution is -2.02. The Labute approximate surface area is 148 Å². The van der Waals surface area contributed by atoms with Gasteiger partial charge in [0.1, 0.15) is 5.82 Å². The Morgan fingerprint density at radius 3 is 2.57 bits per heavy atom. The number of anilines is 4. The van der Waals surface area contributed by atoms with Crippen molar-refractivity contribution in [3.8, 4) is 0 Å². The van der Waals surface area contributed by atoms with Crippen LogP contribution in [0.1, 0.15) is 5.69 Å². The molecule has 2 N–H and O–H groups in total. The van der Waals surface area contributed by atoms with Crippen molar-refractivity contribution in [2.75, 3.05) is 10.6 Å². The molecule has 0 radical (unpaired) electrons. The second-order valence-corrected chi connectivity index (χ2v) is 6.28. The summed E-state index contributed by atoms with van der Waals surface area (Å²) in [7, 11) is 0. The standard InChI is InChI=1S/C17H14BrClN4/c1-11-9-16(22-15-8-3-2-7-14(15)19)23-17(20-11)21-13-6-4-5-12(18)10-13/h2-10H,1H3,(H2,20,21,22,23). The van der Waals surface area contributed by atoms with Crippen LogP contribution in [-0.2, 0) is 0 Å². The quantitative estimate of drug-likeness (QED) is 0.602. The van der Waals surface area contributed by atoms with Gasteiger partial charge in [-0.15, -0.1) is 0 Å². The van der Waals surface area contributed by atoms with Crippen LogP contribution in [0, 0.1) is 6.92 Å². The van der Waals surface area contributed by atoms with E-state index in [1.54, 1.807) is 0 Å². The van der Waals surface area contributed by atoms with Gasteiger partial charge >= 0.3 is 0 Å². The Hall–Kier alpha value is -2.11. The highest BCUT2D eigenvalue weighted by atomic mass is 79.9. The summed E-state index contributed by atoms with van der Waals surface area (Å²) in [4.78, 5) is 8.90. The fourth-order valence-corrected chi connectivity index (χ4v) is 2.67. The minimum Gasteiger partial charge on any atom is -0.339 e. The van der Waals surface area contributed by atoms with Crippen molar-refractivity contribution in [1.82, 2.24) is 9.97 Å². The van der Waals surface area contributed by atoms with Crippen LogP contribution in [0.2, 0.25) is 5.02 Å². The third-order valence-electron chi connectivity index (χ3n) is 3.07. The molecule has 0 saturated heterocycles. The van der Waals surface area contributed by atoms with Crippen LogP contribution in [0.3, 0.4) is 0 Å². The molecule has 4 nitrogen and oxygen atoms in total. The summed E-state index contributed by atoms with van der Waals surface area (Å²) in [5.41, 5.74) is 2.57. The van der Waals surface area contributed by atoms with E-state index in [1.165, 1.54) is 0 Å². The maximum absolute atomic E-state index is 6.17. The first-order valence-electron chi connectivity index (χ1n) is 7.00. The first-order chi connectivity index (χ1) is 11.1. The molecular formula is C17H14BrClN4. The number of rotatable bonds is 4. The molecule has 1 aromatic heterocycles. The second kappa shape index (κ2) is 6.98. The molecule has 0 fully saturated rings. The van der Waals surface area contributed by atoms with Crippen LogP contribution in [0.5, 0.6) is 0 Å². The van der Waals surface area contributed by atoms with Gasteiger partial charge in [0.05, 0.1) is 10.7 Å². The van der Waals surface area contributed by atoms with E-state index in [0.717, 1.165) is 21.5 Å². The molecule has 0 amide bonds. The number of para-hydroxylation sites is 1. The zero-order chi connectivity index (χ0) is 16.2. The van der Waals surface area contributed by atoms with Crippen LogP contribution in [0.25, 0.3) is 0 Å². The van der Waals surface area contributed by atoms with Gasteiger partial charge < -0.3 is 10.6 Å². The molecule has 0 bridgehead atoms. The summed E-state index contributed by atoms with van der Waals surface area (Å²) in [6.45, 7) is 1.92. The highest BCUT2D eigenvalue weighted by Gasteiger charge is 2.05. The van der Waals surface area contributed by atoms with Gasteiger partial charge in [-0.2, -0.15) is 4.98 Å². The lowest BCUT2D eigenvalue weighted by Gasteiger charge is -2.11. The molecule has 0 aliphatic heterocycles. The Morgan fingerprint density at radius 1 is 0.957 bits per heavy atom. The van der Waals surface area contributed by atoms with Gasteiger partial charge in [-0.3, -0.25) is 0 Å². The van der Waals surface area contributed by atoms with Gasteiger partial charge in [0.15, 0.2) is 0 Å². The van der Waals surface area contributed by atoms with Crippen molar-refractivity contribution in [3.63, 3.8) is 0 Å². The Kier molecular flexibility index (Phi) is 4.79. The number of hydrogen-bond acceptors (Lipinski definition) is 4. The predicted molar refractivity (Wildman–Crippen MR) is 98.9 cm³/mol. The van der Waals surface area contributed by atoms with Gasteiger partial charge in [-0.05, 0) is 37.3 Å². The first kappa shape index (κ1) is 15.8. The number of aromatic nitrogens is 2. The fraction of sp³-hybridized carbons (Fsp3) is 0.0588. The van der Waals surface area contributed by atoms with Crippen LogP contribution >= 0.6 is 27.5 Å². The summed E-state index contributed by atoms with van der Waals surface area (Å²) >= 11 is 9.62. The molecule has 2 aromatic carbocycles. The van der Waals surface area contributed by atoms with Crippen LogP contribution in [0.15, 0.2) is 59.1 Å². The van der Waals surface area contributed by atoms with Gasteiger partial charge in [-0.25, -0.2) is 4.98 Å². The number of aryl methyl sites for hydroxylation is 1. The SMILES string of the molecule is Cc1cc(Nc2ccccc2Cl)nc(Nc2cccc(Br)c2)n1. The summed E-state index contributed by atoms with van der Waals surface area (Å²) in [5, 5.41) is 7.06. The molecule has 3 aromatic rings. The molecule has 116 valence electrons. The van der Waals surface area contributed by atoms with Crippen molar-refractivity contribution in [3.05, 3.63) is 69.8 Å². The number of benzene rings is 2. The predicted octanol–water partition coefficient (Wildman–Crippen LogP) is 5.69. The Balaban J connectivity index is 1.86. The Bertz CT molecular complexity index is 838. The molecular weight excluding hydrogens is 376 g/mol. The van der Waals surface area contributed by atoms with E-state index >= 15 is 0 Å². The van der Waals surface area contributed by atoms with Crippen LogP contribution in [0.4, 0.5) is 23.1 Å². The van der Waals surface area contributed by atoms with E-state index in [4.69, 9.17) is 11.6 Å². The third kappa shape index (κ3) is 4.21. The number of nitrogens with one attached hydrogen (secondary N) is 2. The molecule has 6 heteroatoms. The maximum Gasteiger partial charge on any atom is 0.229 e. The summed E-state index contributed by atoms with van der Waals surface area (Å²) in [6, 6.07) is 17.2. The smallest absolute Gasteiger partial charge is 0.229 e. The molecule has 0 aliphatic rings. The van der Waals surface area contributed by atoms with E-state index in [0.29, 0.717) is 16.8 Å². The summed E-state index contributed by atoms with van der Waals surface area (Å²) in [5.74, 6) is 1.21. The van der Waals surface area contributed by atoms with Crippen molar-refractivity contribution >= 4 is 50.7 Å². The lowest BCUT2D eigenvalue weighted by atomic mass is 10.3. The molecule has 0 atom stereocenters. The molecule has 23 heavy (non-hydrogen) atoms. The monoisotopic (exact) mass is 388 g/mol. The van der Waals surface area contributed by atoms with Crippen LogP contribution in [-0.4, -0.2) is 9.97 Å². The van der Waals surface area contributed by atoms with Crippen molar-refractivity contribution < 1.29 is 0 Å². The maximum atomic E-state index is 6.17. The fourth-order valence-electron chi connectivity index (χ4n) is 2.08. The lowest BCUT2D eigenvalue weighted by molar-refractivity contribution is 1.11. The van der Waals surface area contributed by atoms with E-state index in [2.05, 4.69) is 36.5 Å². The number of halogens is 2. The minimum atomic E-state index is 0.526. The highest BCUT2D eigenvalue weighted by Crippen LogP contribution is 2.25. The molecule has 0 unspecified atom stereocenters.